The molecule has 2 aromatic rings. The summed E-state index contributed by atoms with van der Waals surface area (Å²) >= 11 is 0. The summed E-state index contributed by atoms with van der Waals surface area (Å²) in [6.45, 7) is 1.81. The minimum atomic E-state index is -0.0264. The van der Waals surface area contributed by atoms with Crippen LogP contribution in [0.2, 0.25) is 0 Å². The summed E-state index contributed by atoms with van der Waals surface area (Å²) in [5, 5.41) is 4.34. The van der Waals surface area contributed by atoms with E-state index >= 15 is 0 Å². The van der Waals surface area contributed by atoms with E-state index in [0.29, 0.717) is 0 Å². The first-order chi connectivity index (χ1) is 9.83. The third-order valence-corrected chi connectivity index (χ3v) is 3.63. The largest absolute Gasteiger partial charge is 0.317 e. The molecule has 0 unspecified atom stereocenters. The van der Waals surface area contributed by atoms with Gasteiger partial charge in [-0.1, -0.05) is 24.3 Å². The molecule has 102 valence electrons. The SMILES string of the molecule is O=C(N=Cc1ccc2ccccc2n1)C1CCNCC1. The predicted octanol–water partition coefficient (Wildman–Crippen LogP) is 2.18. The summed E-state index contributed by atoms with van der Waals surface area (Å²) in [7, 11) is 0. The maximum absolute atomic E-state index is 12.0. The van der Waals surface area contributed by atoms with Gasteiger partial charge in [-0.3, -0.25) is 4.79 Å². The molecule has 4 heteroatoms. The van der Waals surface area contributed by atoms with E-state index in [1.165, 1.54) is 0 Å². The summed E-state index contributed by atoms with van der Waals surface area (Å²) in [4.78, 5) is 20.5. The molecule has 1 aliphatic rings. The second-order valence-electron chi connectivity index (χ2n) is 5.05. The average molecular weight is 267 g/mol. The van der Waals surface area contributed by atoms with Crippen molar-refractivity contribution in [1.29, 1.82) is 0 Å². The first-order valence-electron chi connectivity index (χ1n) is 6.97. The van der Waals surface area contributed by atoms with Crippen molar-refractivity contribution in [2.24, 2.45) is 10.9 Å². The molecule has 0 bridgehead atoms. The fourth-order valence-electron chi connectivity index (χ4n) is 2.46. The molecule has 2 heterocycles. The third-order valence-electron chi connectivity index (χ3n) is 3.63. The van der Waals surface area contributed by atoms with Crippen molar-refractivity contribution in [3.05, 3.63) is 42.1 Å². The van der Waals surface area contributed by atoms with E-state index in [9.17, 15) is 4.79 Å². The van der Waals surface area contributed by atoms with Gasteiger partial charge < -0.3 is 5.32 Å². The van der Waals surface area contributed by atoms with Crippen LogP contribution in [0.5, 0.6) is 0 Å². The summed E-state index contributed by atoms with van der Waals surface area (Å²) in [6, 6.07) is 11.8. The van der Waals surface area contributed by atoms with Gasteiger partial charge in [0.15, 0.2) is 0 Å². The van der Waals surface area contributed by atoms with E-state index in [-0.39, 0.29) is 11.8 Å². The monoisotopic (exact) mass is 267 g/mol. The van der Waals surface area contributed by atoms with Crippen molar-refractivity contribution in [3.63, 3.8) is 0 Å². The van der Waals surface area contributed by atoms with Gasteiger partial charge in [-0.25, -0.2) is 9.98 Å². The lowest BCUT2D eigenvalue weighted by atomic mass is 9.98. The van der Waals surface area contributed by atoms with Crippen molar-refractivity contribution in [2.45, 2.75) is 12.8 Å². The van der Waals surface area contributed by atoms with Crippen LogP contribution < -0.4 is 5.32 Å². The first-order valence-corrected chi connectivity index (χ1v) is 6.97. The predicted molar refractivity (Wildman–Crippen MR) is 79.9 cm³/mol. The highest BCUT2D eigenvalue weighted by atomic mass is 16.1. The Morgan fingerprint density at radius 1 is 1.20 bits per heavy atom. The molecule has 1 N–H and O–H groups in total. The van der Waals surface area contributed by atoms with E-state index < -0.39 is 0 Å². The van der Waals surface area contributed by atoms with E-state index in [1.54, 1.807) is 6.21 Å². The highest BCUT2D eigenvalue weighted by Gasteiger charge is 2.19. The number of rotatable bonds is 2. The quantitative estimate of drug-likeness (QED) is 0.848. The van der Waals surface area contributed by atoms with Crippen LogP contribution in [0.15, 0.2) is 41.4 Å². The lowest BCUT2D eigenvalue weighted by Gasteiger charge is -2.19. The van der Waals surface area contributed by atoms with E-state index in [0.717, 1.165) is 42.5 Å². The van der Waals surface area contributed by atoms with Crippen LogP contribution in [0.4, 0.5) is 0 Å². The number of aromatic nitrogens is 1. The zero-order valence-electron chi connectivity index (χ0n) is 11.2. The second kappa shape index (κ2) is 5.92. The molecule has 0 saturated carbocycles. The second-order valence-corrected chi connectivity index (χ2v) is 5.05. The van der Waals surface area contributed by atoms with Gasteiger partial charge in [-0.2, -0.15) is 0 Å². The van der Waals surface area contributed by atoms with Crippen molar-refractivity contribution in [1.82, 2.24) is 10.3 Å². The number of piperidine rings is 1. The highest BCUT2D eigenvalue weighted by molar-refractivity contribution is 5.93. The Morgan fingerprint density at radius 3 is 2.85 bits per heavy atom. The summed E-state index contributed by atoms with van der Waals surface area (Å²) in [5.41, 5.74) is 1.65. The topological polar surface area (TPSA) is 54.4 Å². The van der Waals surface area contributed by atoms with Gasteiger partial charge >= 0.3 is 0 Å². The molecular weight excluding hydrogens is 250 g/mol. The van der Waals surface area contributed by atoms with Crippen LogP contribution in [0.3, 0.4) is 0 Å². The number of pyridine rings is 1. The van der Waals surface area contributed by atoms with Gasteiger partial charge in [-0.05, 0) is 38.1 Å². The Morgan fingerprint density at radius 2 is 2.00 bits per heavy atom. The third kappa shape index (κ3) is 2.91. The number of fused-ring (bicyclic) bond motifs is 1. The lowest BCUT2D eigenvalue weighted by molar-refractivity contribution is -0.122. The zero-order valence-corrected chi connectivity index (χ0v) is 11.2. The van der Waals surface area contributed by atoms with Gasteiger partial charge in [-0.15, -0.1) is 0 Å². The number of hydrogen-bond acceptors (Lipinski definition) is 3. The molecule has 0 spiro atoms. The Kier molecular flexibility index (Phi) is 3.83. The standard InChI is InChI=1S/C16H17N3O/c20-16(13-7-9-17-10-8-13)18-11-14-6-5-12-3-1-2-4-15(12)19-14/h1-6,11,13,17H,7-10H2. The van der Waals surface area contributed by atoms with Crippen molar-refractivity contribution >= 4 is 23.0 Å². The summed E-state index contributed by atoms with van der Waals surface area (Å²) in [6.07, 6.45) is 3.33. The smallest absolute Gasteiger partial charge is 0.248 e. The van der Waals surface area contributed by atoms with Crippen LogP contribution in [0.25, 0.3) is 10.9 Å². The number of benzene rings is 1. The Bertz CT molecular complexity index is 645. The first kappa shape index (κ1) is 12.9. The number of carbonyl (C=O) groups is 1. The van der Waals surface area contributed by atoms with Gasteiger partial charge in [0, 0.05) is 11.3 Å². The molecule has 1 aromatic heterocycles. The number of carbonyl (C=O) groups excluding carboxylic acids is 1. The van der Waals surface area contributed by atoms with Crippen LogP contribution in [0.1, 0.15) is 18.5 Å². The van der Waals surface area contributed by atoms with Gasteiger partial charge in [0.25, 0.3) is 0 Å². The van der Waals surface area contributed by atoms with Gasteiger partial charge in [0.1, 0.15) is 0 Å². The lowest BCUT2D eigenvalue weighted by Crippen LogP contribution is -2.31. The Labute approximate surface area is 117 Å². The molecular formula is C16H17N3O. The minimum Gasteiger partial charge on any atom is -0.317 e. The number of nitrogens with one attached hydrogen (secondary N) is 1. The van der Waals surface area contributed by atoms with Crippen LogP contribution in [0, 0.1) is 5.92 Å². The molecule has 4 nitrogen and oxygen atoms in total. The Hall–Kier alpha value is -2.07. The number of para-hydroxylation sites is 1. The molecule has 1 aromatic carbocycles. The molecule has 1 fully saturated rings. The number of hydrogen-bond donors (Lipinski definition) is 1. The molecule has 1 amide bonds. The summed E-state index contributed by atoms with van der Waals surface area (Å²) < 4.78 is 0. The summed E-state index contributed by atoms with van der Waals surface area (Å²) in [5.74, 6) is 0.0365. The normalized spacial score (nSPS) is 16.8. The Balaban J connectivity index is 1.74. The van der Waals surface area contributed by atoms with E-state index in [1.807, 2.05) is 36.4 Å². The minimum absolute atomic E-state index is 0.0264. The fraction of sp³-hybridized carbons (Fsp3) is 0.312. The molecule has 0 aliphatic carbocycles. The van der Waals surface area contributed by atoms with E-state index in [2.05, 4.69) is 15.3 Å². The number of amides is 1. The highest BCUT2D eigenvalue weighted by Crippen LogP contribution is 2.14. The fourth-order valence-corrected chi connectivity index (χ4v) is 2.46. The maximum Gasteiger partial charge on any atom is 0.248 e. The molecule has 20 heavy (non-hydrogen) atoms. The van der Waals surface area contributed by atoms with Crippen molar-refractivity contribution in [2.75, 3.05) is 13.1 Å². The van der Waals surface area contributed by atoms with Crippen LogP contribution in [-0.4, -0.2) is 30.2 Å². The number of nitrogens with zero attached hydrogens (tertiary/aromatic N) is 2. The van der Waals surface area contributed by atoms with Gasteiger partial charge in [0.05, 0.1) is 17.4 Å². The molecule has 3 rings (SSSR count). The molecule has 1 aliphatic heterocycles. The van der Waals surface area contributed by atoms with Crippen LogP contribution >= 0.6 is 0 Å². The maximum atomic E-state index is 12.0. The van der Waals surface area contributed by atoms with Crippen LogP contribution in [-0.2, 0) is 4.79 Å². The van der Waals surface area contributed by atoms with Crippen molar-refractivity contribution in [3.8, 4) is 0 Å². The molecule has 1 saturated heterocycles. The number of aliphatic imine (C=N–C) groups is 1. The van der Waals surface area contributed by atoms with Crippen molar-refractivity contribution < 1.29 is 4.79 Å². The van der Waals surface area contributed by atoms with E-state index in [4.69, 9.17) is 0 Å². The zero-order chi connectivity index (χ0) is 13.8. The molecule has 0 atom stereocenters. The average Bonchev–Trinajstić information content (AvgIpc) is 2.53. The molecule has 0 radical (unpaired) electrons. The van der Waals surface area contributed by atoms with Gasteiger partial charge in [0.2, 0.25) is 5.91 Å².